The number of fused-ring (bicyclic) bond motifs is 1. The second kappa shape index (κ2) is 9.20. The molecule has 0 aliphatic carbocycles. The molecule has 2 aromatic rings. The van der Waals surface area contributed by atoms with Crippen molar-refractivity contribution in [1.29, 1.82) is 0 Å². The second-order valence-electron chi connectivity index (χ2n) is 8.60. The summed E-state index contributed by atoms with van der Waals surface area (Å²) in [7, 11) is 0. The van der Waals surface area contributed by atoms with Gasteiger partial charge in [0.1, 0.15) is 11.6 Å². The quantitative estimate of drug-likeness (QED) is 0.783. The van der Waals surface area contributed by atoms with Gasteiger partial charge in [-0.15, -0.1) is 10.2 Å². The molecule has 2 N–H and O–H groups in total. The maximum atomic E-state index is 12.3. The van der Waals surface area contributed by atoms with Gasteiger partial charge >= 0.3 is 0 Å². The smallest absolute Gasteiger partial charge is 0.251 e. The zero-order chi connectivity index (χ0) is 20.9. The molecule has 3 rings (SSSR count). The van der Waals surface area contributed by atoms with E-state index in [0.29, 0.717) is 18.5 Å². The highest BCUT2D eigenvalue weighted by Gasteiger charge is 2.16. The van der Waals surface area contributed by atoms with Gasteiger partial charge in [-0.2, -0.15) is 0 Å². The molecule has 1 aromatic heterocycles. The summed E-state index contributed by atoms with van der Waals surface area (Å²) in [6.07, 6.45) is 5.14. The number of carbonyl (C=O) groups excluding carboxylic acids is 2. The molecule has 1 aromatic carbocycles. The van der Waals surface area contributed by atoms with Crippen LogP contribution >= 0.6 is 0 Å². The molecule has 0 radical (unpaired) electrons. The summed E-state index contributed by atoms with van der Waals surface area (Å²) in [5.41, 5.74) is 1.76. The predicted octanol–water partition coefficient (Wildman–Crippen LogP) is 2.39. The van der Waals surface area contributed by atoms with Crippen molar-refractivity contribution in [1.82, 2.24) is 25.4 Å². The van der Waals surface area contributed by atoms with Crippen molar-refractivity contribution in [3.63, 3.8) is 0 Å². The molecule has 29 heavy (non-hydrogen) atoms. The van der Waals surface area contributed by atoms with Crippen molar-refractivity contribution < 1.29 is 9.59 Å². The van der Waals surface area contributed by atoms with Crippen LogP contribution in [0.3, 0.4) is 0 Å². The van der Waals surface area contributed by atoms with Gasteiger partial charge in [0.15, 0.2) is 0 Å². The number of hydrogen-bond donors (Lipinski definition) is 2. The minimum atomic E-state index is -0.247. The lowest BCUT2D eigenvalue weighted by Gasteiger charge is -2.19. The molecular formula is C22H31N5O2. The average Bonchev–Trinajstić information content (AvgIpc) is 2.92. The lowest BCUT2D eigenvalue weighted by Crippen LogP contribution is -2.37. The first kappa shape index (κ1) is 21.0. The average molecular weight is 398 g/mol. The molecule has 2 heterocycles. The zero-order valence-electron chi connectivity index (χ0n) is 17.6. The van der Waals surface area contributed by atoms with Gasteiger partial charge in [-0.25, -0.2) is 0 Å². The Kier molecular flexibility index (Phi) is 6.67. The molecule has 0 unspecified atom stereocenters. The number of benzene rings is 1. The van der Waals surface area contributed by atoms with Gasteiger partial charge < -0.3 is 15.2 Å². The van der Waals surface area contributed by atoms with Gasteiger partial charge in [-0.05, 0) is 36.0 Å². The highest BCUT2D eigenvalue weighted by molar-refractivity contribution is 5.96. The molecule has 156 valence electrons. The molecule has 0 saturated heterocycles. The molecule has 1 aliphatic heterocycles. The Balaban J connectivity index is 1.42. The van der Waals surface area contributed by atoms with Crippen LogP contribution < -0.4 is 10.6 Å². The van der Waals surface area contributed by atoms with Gasteiger partial charge in [-0.1, -0.05) is 39.3 Å². The lowest BCUT2D eigenvalue weighted by atomic mass is 9.87. The van der Waals surface area contributed by atoms with Crippen LogP contribution in [0.5, 0.6) is 0 Å². The van der Waals surface area contributed by atoms with Crippen molar-refractivity contribution in [3.05, 3.63) is 47.0 Å². The highest BCUT2D eigenvalue weighted by Crippen LogP contribution is 2.22. The van der Waals surface area contributed by atoms with Gasteiger partial charge in [0, 0.05) is 31.5 Å². The summed E-state index contributed by atoms with van der Waals surface area (Å²) in [6.45, 7) is 7.77. The van der Waals surface area contributed by atoms with Crippen molar-refractivity contribution >= 4 is 11.8 Å². The van der Waals surface area contributed by atoms with Crippen molar-refractivity contribution in [2.75, 3.05) is 13.1 Å². The Hall–Kier alpha value is -2.70. The fourth-order valence-electron chi connectivity index (χ4n) is 3.49. The summed E-state index contributed by atoms with van der Waals surface area (Å²) in [4.78, 5) is 24.3. The minimum absolute atomic E-state index is 0.0393. The number of aromatic nitrogens is 3. The molecule has 0 atom stereocenters. The Labute approximate surface area is 172 Å². The number of hydrogen-bond acceptors (Lipinski definition) is 4. The standard InChI is InChI=1S/C22H31N5O2/c1-22(2,3)17-10-8-16(9-11-17)21(29)24-15-20(28)23-13-12-19-26-25-18-7-5-4-6-14-27(18)19/h8-11H,4-7,12-15H2,1-3H3,(H,23,28)(H,24,29). The van der Waals surface area contributed by atoms with E-state index in [1.54, 1.807) is 12.1 Å². The second-order valence-corrected chi connectivity index (χ2v) is 8.60. The van der Waals surface area contributed by atoms with E-state index in [1.165, 1.54) is 6.42 Å². The third-order valence-electron chi connectivity index (χ3n) is 5.28. The van der Waals surface area contributed by atoms with Crippen LogP contribution in [0.4, 0.5) is 0 Å². The summed E-state index contributed by atoms with van der Waals surface area (Å²) < 4.78 is 2.18. The van der Waals surface area contributed by atoms with Crippen LogP contribution in [0.1, 0.15) is 67.6 Å². The van der Waals surface area contributed by atoms with Crippen LogP contribution in [0, 0.1) is 0 Å². The Morgan fingerprint density at radius 1 is 1.03 bits per heavy atom. The monoisotopic (exact) mass is 397 g/mol. The first-order chi connectivity index (χ1) is 13.8. The SMILES string of the molecule is CC(C)(C)c1ccc(C(=O)NCC(=O)NCCc2nnc3n2CCCCC3)cc1. The van der Waals surface area contributed by atoms with Crippen molar-refractivity contribution in [3.8, 4) is 0 Å². The lowest BCUT2D eigenvalue weighted by molar-refractivity contribution is -0.120. The van der Waals surface area contributed by atoms with E-state index in [9.17, 15) is 9.59 Å². The van der Waals surface area contributed by atoms with Crippen LogP contribution in [0.2, 0.25) is 0 Å². The van der Waals surface area contributed by atoms with Crippen molar-refractivity contribution in [2.24, 2.45) is 0 Å². The predicted molar refractivity (Wildman–Crippen MR) is 112 cm³/mol. The Bertz CT molecular complexity index is 849. The summed E-state index contributed by atoms with van der Waals surface area (Å²) in [5.74, 6) is 1.52. The molecule has 0 fully saturated rings. The first-order valence-electron chi connectivity index (χ1n) is 10.4. The number of carbonyl (C=O) groups is 2. The maximum absolute atomic E-state index is 12.3. The van der Waals surface area contributed by atoms with E-state index in [1.807, 2.05) is 12.1 Å². The van der Waals surface area contributed by atoms with E-state index in [2.05, 4.69) is 46.2 Å². The summed E-state index contributed by atoms with van der Waals surface area (Å²) in [6, 6.07) is 7.50. The van der Waals surface area contributed by atoms with Gasteiger partial charge in [0.05, 0.1) is 6.54 Å². The third kappa shape index (κ3) is 5.65. The number of aryl methyl sites for hydroxylation is 1. The zero-order valence-corrected chi connectivity index (χ0v) is 17.6. The molecule has 7 heteroatoms. The Morgan fingerprint density at radius 2 is 1.79 bits per heavy atom. The van der Waals surface area contributed by atoms with E-state index >= 15 is 0 Å². The number of nitrogens with zero attached hydrogens (tertiary/aromatic N) is 3. The number of amides is 2. The fraction of sp³-hybridized carbons (Fsp3) is 0.545. The summed E-state index contributed by atoms with van der Waals surface area (Å²) >= 11 is 0. The normalized spacial score (nSPS) is 14.0. The topological polar surface area (TPSA) is 88.9 Å². The minimum Gasteiger partial charge on any atom is -0.354 e. The number of rotatable bonds is 6. The summed E-state index contributed by atoms with van der Waals surface area (Å²) in [5, 5.41) is 14.1. The van der Waals surface area contributed by atoms with E-state index < -0.39 is 0 Å². The highest BCUT2D eigenvalue weighted by atomic mass is 16.2. The van der Waals surface area contributed by atoms with Crippen LogP contribution in [0.15, 0.2) is 24.3 Å². The molecule has 7 nitrogen and oxygen atoms in total. The van der Waals surface area contributed by atoms with Crippen LogP contribution in [-0.2, 0) is 29.6 Å². The largest absolute Gasteiger partial charge is 0.354 e. The first-order valence-corrected chi connectivity index (χ1v) is 10.4. The maximum Gasteiger partial charge on any atom is 0.251 e. The van der Waals surface area contributed by atoms with Crippen molar-refractivity contribution in [2.45, 2.75) is 64.8 Å². The number of nitrogens with one attached hydrogen (secondary N) is 2. The molecule has 0 bridgehead atoms. The molecule has 0 spiro atoms. The fourth-order valence-corrected chi connectivity index (χ4v) is 3.49. The van der Waals surface area contributed by atoms with E-state index in [-0.39, 0.29) is 23.8 Å². The molecular weight excluding hydrogens is 366 g/mol. The van der Waals surface area contributed by atoms with Gasteiger partial charge in [-0.3, -0.25) is 9.59 Å². The Morgan fingerprint density at radius 3 is 2.52 bits per heavy atom. The third-order valence-corrected chi connectivity index (χ3v) is 5.28. The molecule has 1 aliphatic rings. The van der Waals surface area contributed by atoms with Crippen LogP contribution in [0.25, 0.3) is 0 Å². The van der Waals surface area contributed by atoms with Gasteiger partial charge in [0.25, 0.3) is 5.91 Å². The molecule has 2 amide bonds. The van der Waals surface area contributed by atoms with Gasteiger partial charge in [0.2, 0.25) is 5.91 Å². The van der Waals surface area contributed by atoms with E-state index in [0.717, 1.165) is 43.0 Å². The molecule has 0 saturated carbocycles. The van der Waals surface area contributed by atoms with Crippen LogP contribution in [-0.4, -0.2) is 39.7 Å². The van der Waals surface area contributed by atoms with E-state index in [4.69, 9.17) is 0 Å².